The average Bonchev–Trinajstić information content (AvgIpc) is 2.37. The molecular formula is C14H13BrO2. The van der Waals surface area contributed by atoms with Crippen molar-refractivity contribution < 1.29 is 9.53 Å². The van der Waals surface area contributed by atoms with Gasteiger partial charge in [0.15, 0.2) is 0 Å². The molecule has 0 aromatic heterocycles. The summed E-state index contributed by atoms with van der Waals surface area (Å²) in [6.45, 7) is 0. The smallest absolute Gasteiger partial charge is 0.319 e. The highest BCUT2D eigenvalue weighted by Crippen LogP contribution is 2.18. The summed E-state index contributed by atoms with van der Waals surface area (Å²) in [5.74, 6) is -0.238. The van der Waals surface area contributed by atoms with Crippen LogP contribution in [0.3, 0.4) is 0 Å². The molecule has 0 aliphatic rings. The quantitative estimate of drug-likeness (QED) is 0.641. The minimum atomic E-state index is -0.284. The van der Waals surface area contributed by atoms with Crippen molar-refractivity contribution in [1.82, 2.24) is 0 Å². The molecule has 88 valence electrons. The van der Waals surface area contributed by atoms with E-state index in [1.165, 1.54) is 17.9 Å². The van der Waals surface area contributed by atoms with Crippen LogP contribution in [0.5, 0.6) is 0 Å². The number of benzene rings is 2. The van der Waals surface area contributed by atoms with Crippen LogP contribution >= 0.6 is 15.9 Å². The fourth-order valence-electron chi connectivity index (χ4n) is 1.78. The summed E-state index contributed by atoms with van der Waals surface area (Å²) in [6.07, 6.45) is 0.636. The first-order valence-corrected chi connectivity index (χ1v) is 6.32. The number of carbonyl (C=O) groups excluding carboxylic acids is 1. The van der Waals surface area contributed by atoms with Gasteiger partial charge in [0.2, 0.25) is 0 Å². The van der Waals surface area contributed by atoms with Crippen molar-refractivity contribution in [2.24, 2.45) is 0 Å². The molecule has 0 saturated carbocycles. The molecule has 0 N–H and O–H groups in total. The highest BCUT2D eigenvalue weighted by molar-refractivity contribution is 9.10. The molecule has 2 aromatic rings. The fourth-order valence-corrected chi connectivity index (χ4v) is 2.34. The molecular weight excluding hydrogens is 280 g/mol. The van der Waals surface area contributed by atoms with Crippen LogP contribution in [0.25, 0.3) is 10.8 Å². The average molecular weight is 293 g/mol. The summed E-state index contributed by atoms with van der Waals surface area (Å²) < 4.78 is 4.69. The number of halogens is 1. The number of hydrogen-bond acceptors (Lipinski definition) is 2. The second-order valence-corrected chi connectivity index (χ2v) is 4.98. The number of fused-ring (bicyclic) bond motifs is 1. The van der Waals surface area contributed by atoms with E-state index in [2.05, 4.69) is 44.9 Å². The number of carbonyl (C=O) groups is 1. The highest BCUT2D eigenvalue weighted by Gasteiger charge is 2.15. The maximum Gasteiger partial charge on any atom is 0.319 e. The SMILES string of the molecule is COC(=O)C(Br)Cc1ccc2ccccc2c1. The van der Waals surface area contributed by atoms with Crippen molar-refractivity contribution in [3.05, 3.63) is 48.0 Å². The Morgan fingerprint density at radius 2 is 1.94 bits per heavy atom. The molecule has 17 heavy (non-hydrogen) atoms. The molecule has 1 atom stereocenters. The Bertz CT molecular complexity index is 536. The van der Waals surface area contributed by atoms with Gasteiger partial charge < -0.3 is 4.74 Å². The van der Waals surface area contributed by atoms with E-state index in [9.17, 15) is 4.79 Å². The molecule has 0 aliphatic heterocycles. The van der Waals surface area contributed by atoms with Crippen molar-refractivity contribution in [2.45, 2.75) is 11.2 Å². The summed E-state index contributed by atoms with van der Waals surface area (Å²) in [4.78, 5) is 11.0. The number of hydrogen-bond donors (Lipinski definition) is 0. The minimum absolute atomic E-state index is 0.238. The largest absolute Gasteiger partial charge is 0.468 e. The third kappa shape index (κ3) is 2.86. The fraction of sp³-hybridized carbons (Fsp3) is 0.214. The molecule has 0 amide bonds. The number of ether oxygens (including phenoxy) is 1. The lowest BCUT2D eigenvalue weighted by Crippen LogP contribution is -2.17. The maximum absolute atomic E-state index is 11.3. The van der Waals surface area contributed by atoms with E-state index in [-0.39, 0.29) is 10.8 Å². The number of esters is 1. The zero-order chi connectivity index (χ0) is 12.3. The highest BCUT2D eigenvalue weighted by atomic mass is 79.9. The number of alkyl halides is 1. The second kappa shape index (κ2) is 5.32. The Kier molecular flexibility index (Phi) is 3.79. The van der Waals surface area contributed by atoms with Gasteiger partial charge in [-0.15, -0.1) is 0 Å². The monoisotopic (exact) mass is 292 g/mol. The molecule has 0 fully saturated rings. The molecule has 0 spiro atoms. The number of rotatable bonds is 3. The van der Waals surface area contributed by atoms with Crippen molar-refractivity contribution in [3.8, 4) is 0 Å². The van der Waals surface area contributed by atoms with Crippen LogP contribution in [0, 0.1) is 0 Å². The van der Waals surface area contributed by atoms with Crippen LogP contribution in [-0.4, -0.2) is 17.9 Å². The van der Waals surface area contributed by atoms with Gasteiger partial charge >= 0.3 is 5.97 Å². The van der Waals surface area contributed by atoms with Crippen molar-refractivity contribution in [2.75, 3.05) is 7.11 Å². The molecule has 3 heteroatoms. The molecule has 0 bridgehead atoms. The molecule has 2 aromatic carbocycles. The van der Waals surface area contributed by atoms with Crippen molar-refractivity contribution in [3.63, 3.8) is 0 Å². The Balaban J connectivity index is 2.22. The summed E-state index contributed by atoms with van der Waals surface area (Å²) >= 11 is 3.33. The molecule has 1 unspecified atom stereocenters. The van der Waals surface area contributed by atoms with E-state index in [0.29, 0.717) is 6.42 Å². The normalized spacial score (nSPS) is 12.4. The third-order valence-corrected chi connectivity index (χ3v) is 3.38. The van der Waals surface area contributed by atoms with Gasteiger partial charge in [-0.1, -0.05) is 58.4 Å². The predicted octanol–water partition coefficient (Wildman–Crippen LogP) is 3.32. The summed E-state index contributed by atoms with van der Waals surface area (Å²) in [7, 11) is 1.40. The third-order valence-electron chi connectivity index (χ3n) is 2.69. The first-order valence-electron chi connectivity index (χ1n) is 5.40. The maximum atomic E-state index is 11.3. The molecule has 0 aliphatic carbocycles. The van der Waals surface area contributed by atoms with Gasteiger partial charge in [0.1, 0.15) is 4.83 Å². The molecule has 0 heterocycles. The van der Waals surface area contributed by atoms with Crippen LogP contribution in [0.2, 0.25) is 0 Å². The van der Waals surface area contributed by atoms with E-state index in [1.54, 1.807) is 0 Å². The predicted molar refractivity (Wildman–Crippen MR) is 72.4 cm³/mol. The van der Waals surface area contributed by atoms with Gasteiger partial charge in [-0.05, 0) is 22.8 Å². The Hall–Kier alpha value is -1.35. The van der Waals surface area contributed by atoms with E-state index in [0.717, 1.165) is 5.56 Å². The van der Waals surface area contributed by atoms with E-state index in [1.807, 2.05) is 18.2 Å². The Labute approximate surface area is 109 Å². The van der Waals surface area contributed by atoms with Gasteiger partial charge in [0.25, 0.3) is 0 Å². The lowest BCUT2D eigenvalue weighted by atomic mass is 10.0. The van der Waals surface area contributed by atoms with Crippen LogP contribution in [0.4, 0.5) is 0 Å². The van der Waals surface area contributed by atoms with E-state index >= 15 is 0 Å². The van der Waals surface area contributed by atoms with Crippen LogP contribution in [0.1, 0.15) is 5.56 Å². The first-order chi connectivity index (χ1) is 8.20. The zero-order valence-electron chi connectivity index (χ0n) is 9.52. The zero-order valence-corrected chi connectivity index (χ0v) is 11.1. The van der Waals surface area contributed by atoms with Crippen molar-refractivity contribution in [1.29, 1.82) is 0 Å². The summed E-state index contributed by atoms with van der Waals surface area (Å²) in [5, 5.41) is 2.40. The van der Waals surface area contributed by atoms with Gasteiger partial charge in [-0.2, -0.15) is 0 Å². The van der Waals surface area contributed by atoms with E-state index in [4.69, 9.17) is 0 Å². The standard InChI is InChI=1S/C14H13BrO2/c1-17-14(16)13(15)9-10-6-7-11-4-2-3-5-12(11)8-10/h2-8,13H,9H2,1H3. The topological polar surface area (TPSA) is 26.3 Å². The van der Waals surface area contributed by atoms with Gasteiger partial charge in [0.05, 0.1) is 7.11 Å². The minimum Gasteiger partial charge on any atom is -0.468 e. The molecule has 0 radical (unpaired) electrons. The first kappa shape index (κ1) is 12.1. The summed E-state index contributed by atoms with van der Waals surface area (Å²) in [6, 6.07) is 14.4. The molecule has 2 nitrogen and oxygen atoms in total. The van der Waals surface area contributed by atoms with Gasteiger partial charge in [0, 0.05) is 0 Å². The lowest BCUT2D eigenvalue weighted by molar-refractivity contribution is -0.139. The lowest BCUT2D eigenvalue weighted by Gasteiger charge is -2.08. The van der Waals surface area contributed by atoms with Gasteiger partial charge in [-0.25, -0.2) is 0 Å². The van der Waals surface area contributed by atoms with Crippen molar-refractivity contribution >= 4 is 32.7 Å². The van der Waals surface area contributed by atoms with E-state index < -0.39 is 0 Å². The Morgan fingerprint density at radius 1 is 1.24 bits per heavy atom. The van der Waals surface area contributed by atoms with Crippen LogP contribution in [0.15, 0.2) is 42.5 Å². The molecule has 0 saturated heterocycles. The van der Waals surface area contributed by atoms with Gasteiger partial charge in [-0.3, -0.25) is 4.79 Å². The van der Waals surface area contributed by atoms with Crippen LogP contribution in [-0.2, 0) is 16.0 Å². The van der Waals surface area contributed by atoms with Crippen LogP contribution < -0.4 is 0 Å². The molecule has 2 rings (SSSR count). The number of methoxy groups -OCH3 is 1. The Morgan fingerprint density at radius 3 is 2.65 bits per heavy atom. The second-order valence-electron chi connectivity index (χ2n) is 3.88. The summed E-state index contributed by atoms with van der Waals surface area (Å²) in [5.41, 5.74) is 1.12.